The number of halogens is 4. The molecule has 12 heteroatoms. The molecule has 0 aromatic heterocycles. The van der Waals surface area contributed by atoms with Crippen molar-refractivity contribution >= 4 is 58.0 Å². The van der Waals surface area contributed by atoms with E-state index in [1.807, 2.05) is 38.1 Å². The lowest BCUT2D eigenvalue weighted by molar-refractivity contribution is 0.101. The molecule has 0 aliphatic rings. The fourth-order valence-electron chi connectivity index (χ4n) is 5.92. The highest BCUT2D eigenvalue weighted by Crippen LogP contribution is 2.36. The second kappa shape index (κ2) is 19.7. The summed E-state index contributed by atoms with van der Waals surface area (Å²) in [5.74, 6) is -3.29. The van der Waals surface area contributed by atoms with E-state index in [1.54, 1.807) is 67.6 Å². The maximum atomic E-state index is 13.4. The Bertz CT molecular complexity index is 2550. The van der Waals surface area contributed by atoms with E-state index in [9.17, 15) is 34.7 Å². The number of rotatable bonds is 8. The number of nitrogens with one attached hydrogen (secondary N) is 2. The molecule has 0 saturated heterocycles. The summed E-state index contributed by atoms with van der Waals surface area (Å²) in [7, 11) is 0. The van der Waals surface area contributed by atoms with Gasteiger partial charge in [0, 0.05) is 26.4 Å². The smallest absolute Gasteiger partial charge is 0.259 e. The van der Waals surface area contributed by atoms with E-state index in [-0.39, 0.29) is 30.1 Å². The van der Waals surface area contributed by atoms with Gasteiger partial charge in [-0.3, -0.25) is 9.59 Å². The van der Waals surface area contributed by atoms with Crippen LogP contribution in [0.1, 0.15) is 78.9 Å². The van der Waals surface area contributed by atoms with E-state index in [4.69, 9.17) is 34.8 Å². The number of carbonyl (C=O) groups is 2. The predicted molar refractivity (Wildman–Crippen MR) is 229 cm³/mol. The van der Waals surface area contributed by atoms with Crippen molar-refractivity contribution in [2.24, 2.45) is 0 Å². The maximum Gasteiger partial charge on any atom is 0.259 e. The van der Waals surface area contributed by atoms with Crippen LogP contribution in [0.4, 0.5) is 15.8 Å². The Morgan fingerprint density at radius 2 is 1.07 bits per heavy atom. The Morgan fingerprint density at radius 1 is 0.621 bits per heavy atom. The third-order valence-electron chi connectivity index (χ3n) is 9.03. The third kappa shape index (κ3) is 10.5. The number of para-hydroxylation sites is 1. The van der Waals surface area contributed by atoms with Gasteiger partial charge < -0.3 is 20.8 Å². The zero-order valence-electron chi connectivity index (χ0n) is 30.7. The Labute approximate surface area is 351 Å². The van der Waals surface area contributed by atoms with Gasteiger partial charge in [-0.25, -0.2) is 4.39 Å². The zero-order valence-corrected chi connectivity index (χ0v) is 33.0. The zero-order chi connectivity index (χ0) is 41.4. The molecule has 4 N–H and O–H groups in total. The van der Waals surface area contributed by atoms with Crippen molar-refractivity contribution in [3.05, 3.63) is 186 Å². The van der Waals surface area contributed by atoms with Gasteiger partial charge >= 0.3 is 0 Å². The number of hydrogen-bond acceptors (Lipinski definition) is 6. The van der Waals surface area contributed by atoms with Crippen LogP contribution in [0.2, 0.25) is 15.1 Å². The van der Waals surface area contributed by atoms with Crippen LogP contribution in [-0.4, -0.2) is 22.0 Å². The lowest BCUT2D eigenvalue weighted by Gasteiger charge is -2.16. The number of carbonyl (C=O) groups excluding carboxylic acids is 2. The van der Waals surface area contributed by atoms with Crippen LogP contribution >= 0.6 is 34.8 Å². The number of anilines is 2. The summed E-state index contributed by atoms with van der Waals surface area (Å²) >= 11 is 18.8. The molecule has 294 valence electrons. The van der Waals surface area contributed by atoms with Crippen molar-refractivity contribution in [1.82, 2.24) is 0 Å². The van der Waals surface area contributed by atoms with Crippen LogP contribution in [0.15, 0.2) is 115 Å². The number of aryl methyl sites for hydroxylation is 3. The quantitative estimate of drug-likeness (QED) is 0.120. The molecule has 0 saturated carbocycles. The fraction of sp³-hybridized carbons (Fsp3) is 0.130. The lowest BCUT2D eigenvalue weighted by atomic mass is 9.90. The van der Waals surface area contributed by atoms with E-state index < -0.39 is 29.5 Å². The summed E-state index contributed by atoms with van der Waals surface area (Å²) in [4.78, 5) is 24.9. The summed E-state index contributed by atoms with van der Waals surface area (Å²) in [5, 5.41) is 45.7. The molecule has 2 unspecified atom stereocenters. The Kier molecular flexibility index (Phi) is 15.0. The van der Waals surface area contributed by atoms with E-state index in [0.717, 1.165) is 40.5 Å². The van der Waals surface area contributed by atoms with Crippen LogP contribution in [-0.2, 0) is 0 Å². The molecule has 6 rings (SSSR count). The lowest BCUT2D eigenvalue weighted by Crippen LogP contribution is -2.14. The normalized spacial score (nSPS) is 11.3. The van der Waals surface area contributed by atoms with Gasteiger partial charge in [0.25, 0.3) is 11.8 Å². The van der Waals surface area contributed by atoms with Crippen molar-refractivity contribution in [1.29, 1.82) is 10.5 Å². The molecule has 0 spiro atoms. The van der Waals surface area contributed by atoms with E-state index in [2.05, 4.69) is 22.8 Å². The number of hydrogen-bond donors (Lipinski definition) is 4. The molecule has 6 aromatic carbocycles. The van der Waals surface area contributed by atoms with Gasteiger partial charge in [-0.05, 0) is 109 Å². The van der Waals surface area contributed by atoms with Crippen molar-refractivity contribution in [3.63, 3.8) is 0 Å². The number of nitrogens with zero attached hydrogens (tertiary/aromatic N) is 2. The minimum absolute atomic E-state index is 0. The van der Waals surface area contributed by atoms with Gasteiger partial charge in [0.1, 0.15) is 17.3 Å². The summed E-state index contributed by atoms with van der Waals surface area (Å²) in [6.45, 7) is 5.55. The van der Waals surface area contributed by atoms with E-state index >= 15 is 0 Å². The minimum Gasteiger partial charge on any atom is -0.507 e. The molecule has 0 heterocycles. The Balaban J connectivity index is 0.000000252. The molecule has 0 aliphatic heterocycles. The van der Waals surface area contributed by atoms with Gasteiger partial charge in [-0.2, -0.15) is 10.5 Å². The number of nitriles is 2. The van der Waals surface area contributed by atoms with Gasteiger partial charge in [0.05, 0.1) is 35.1 Å². The maximum absolute atomic E-state index is 13.4. The van der Waals surface area contributed by atoms with Crippen LogP contribution < -0.4 is 10.6 Å². The average molecular weight is 836 g/mol. The first-order valence-corrected chi connectivity index (χ1v) is 18.4. The van der Waals surface area contributed by atoms with Crippen molar-refractivity contribution in [3.8, 4) is 23.6 Å². The molecule has 0 fully saturated rings. The third-order valence-corrected chi connectivity index (χ3v) is 9.94. The summed E-state index contributed by atoms with van der Waals surface area (Å²) in [5.41, 5.74) is 6.29. The predicted octanol–water partition coefficient (Wildman–Crippen LogP) is 12.3. The number of phenolic OH excluding ortho intramolecular Hbond substituents is 2. The first-order chi connectivity index (χ1) is 27.2. The monoisotopic (exact) mass is 834 g/mol. The topological polar surface area (TPSA) is 146 Å². The molecule has 0 radical (unpaired) electrons. The molecule has 2 amide bonds. The highest BCUT2D eigenvalue weighted by atomic mass is 35.5. The SMILES string of the molecule is C.Cc1cc(C(C#N)c2ccc(Cl)cc2)c(Cl)cc1NC(=O)c1ccccc1O.Cc1ccc(C(C#N)c2cc(C)c(NC(=O)c3cc(F)ccc3O)cc2Cl)cc1. The van der Waals surface area contributed by atoms with Crippen LogP contribution in [0.5, 0.6) is 11.5 Å². The van der Waals surface area contributed by atoms with Gasteiger partial charge in [-0.15, -0.1) is 0 Å². The largest absolute Gasteiger partial charge is 0.507 e. The molecule has 6 aromatic rings. The number of benzene rings is 6. The summed E-state index contributed by atoms with van der Waals surface area (Å²) < 4.78 is 13.4. The second-order valence-electron chi connectivity index (χ2n) is 13.1. The molecule has 0 aliphatic carbocycles. The summed E-state index contributed by atoms with van der Waals surface area (Å²) in [6.07, 6.45) is 0. The second-order valence-corrected chi connectivity index (χ2v) is 14.3. The molecule has 8 nitrogen and oxygen atoms in total. The molecule has 2 atom stereocenters. The van der Waals surface area contributed by atoms with Crippen molar-refractivity contribution < 1.29 is 24.2 Å². The van der Waals surface area contributed by atoms with Gasteiger partial charge in [0.2, 0.25) is 0 Å². The Hall–Kier alpha value is -6.36. The molecular weight excluding hydrogens is 798 g/mol. The minimum atomic E-state index is -0.663. The first-order valence-electron chi connectivity index (χ1n) is 17.3. The number of amides is 2. The molecule has 58 heavy (non-hydrogen) atoms. The van der Waals surface area contributed by atoms with Gasteiger partial charge in [0.15, 0.2) is 0 Å². The van der Waals surface area contributed by atoms with E-state index in [0.29, 0.717) is 43.1 Å². The molecule has 0 bridgehead atoms. The Morgan fingerprint density at radius 3 is 1.55 bits per heavy atom. The van der Waals surface area contributed by atoms with Crippen LogP contribution in [0, 0.1) is 49.3 Å². The van der Waals surface area contributed by atoms with Gasteiger partial charge in [-0.1, -0.05) is 108 Å². The number of aromatic hydroxyl groups is 2. The average Bonchev–Trinajstić information content (AvgIpc) is 3.18. The van der Waals surface area contributed by atoms with Crippen LogP contribution in [0.3, 0.4) is 0 Å². The highest BCUT2D eigenvalue weighted by Gasteiger charge is 2.22. The first kappa shape index (κ1) is 44.4. The van der Waals surface area contributed by atoms with E-state index in [1.165, 1.54) is 12.1 Å². The summed E-state index contributed by atoms with van der Waals surface area (Å²) in [6, 6.07) is 35.3. The van der Waals surface area contributed by atoms with Crippen molar-refractivity contribution in [2.75, 3.05) is 10.6 Å². The molecular formula is C46H38Cl3FN4O4. The van der Waals surface area contributed by atoms with Crippen molar-refractivity contribution in [2.45, 2.75) is 40.0 Å². The fourth-order valence-corrected chi connectivity index (χ4v) is 6.59. The highest BCUT2D eigenvalue weighted by molar-refractivity contribution is 6.32. The van der Waals surface area contributed by atoms with Crippen LogP contribution in [0.25, 0.3) is 0 Å². The number of phenols is 2. The standard InChI is InChI=1S/C23H18ClFN2O2.C22H16Cl2N2O2.CH4/c1-13-3-5-15(6-4-13)19(12-26)17-9-14(2)21(11-20(17)24)27-23(29)18-10-16(25)7-8-22(18)28;1-13-10-17(18(12-25)14-6-8-15(23)9-7-14)19(24)11-20(13)26-22(28)16-4-2-3-5-21(16)27;/h3-11,19,28H,1-2H3,(H,27,29);2-11,18,27H,1H3,(H,26,28);1H4.